The lowest BCUT2D eigenvalue weighted by Crippen LogP contribution is -2.68. The molecule has 0 saturated carbocycles. The first-order valence-electron chi connectivity index (χ1n) is 9.66. The molecule has 1 aliphatic rings. The molecule has 1 aliphatic heterocycles. The molecule has 0 radical (unpaired) electrons. The molecule has 15 heteroatoms. The second kappa shape index (κ2) is 21.2. The Kier molecular flexibility index (Phi) is 21.2. The molecule has 194 valence electrons. The van der Waals surface area contributed by atoms with E-state index in [1.165, 1.54) is 0 Å². The first kappa shape index (κ1) is 32.9. The number of quaternary nitrogens is 1. The second-order valence-electron chi connectivity index (χ2n) is 5.91. The van der Waals surface area contributed by atoms with Gasteiger partial charge in [-0.15, -0.1) is 10.2 Å². The Labute approximate surface area is 209 Å². The van der Waals surface area contributed by atoms with Gasteiger partial charge in [0.25, 0.3) is 0 Å². The van der Waals surface area contributed by atoms with Crippen LogP contribution in [0.15, 0.2) is 12.1 Å². The molecule has 33 heavy (non-hydrogen) atoms. The van der Waals surface area contributed by atoms with E-state index < -0.39 is 10.2 Å². The van der Waals surface area contributed by atoms with E-state index in [0.29, 0.717) is 100 Å². The highest BCUT2D eigenvalue weighted by Gasteiger charge is 2.04. The summed E-state index contributed by atoms with van der Waals surface area (Å²) < 4.78 is 65.9. The molecule has 0 bridgehead atoms. The van der Waals surface area contributed by atoms with Crippen LogP contribution in [0.5, 0.6) is 0 Å². The average molecular weight is 561 g/mol. The summed E-state index contributed by atoms with van der Waals surface area (Å²) in [5, 5.41) is 1.48. The van der Waals surface area contributed by atoms with E-state index in [1.54, 1.807) is 12.1 Å². The number of hydrogen-bond acceptors (Lipinski definition) is 10. The van der Waals surface area contributed by atoms with E-state index in [1.807, 2.05) is 0 Å². The average Bonchev–Trinajstić information content (AvgIpc) is 2.72. The molecule has 0 unspecified atom stereocenters. The van der Waals surface area contributed by atoms with Gasteiger partial charge in [-0.3, -0.25) is 0 Å². The summed E-state index contributed by atoms with van der Waals surface area (Å²) in [6, 6.07) is 3.21. The van der Waals surface area contributed by atoms with Crippen LogP contribution >= 0.6 is 34.8 Å². The Morgan fingerprint density at radius 1 is 0.515 bits per heavy atom. The highest BCUT2D eigenvalue weighted by molar-refractivity contribution is 6.43. The van der Waals surface area contributed by atoms with Crippen LogP contribution in [0.2, 0.25) is 15.1 Å². The maximum Gasteiger partial charge on any atom is 0.148 e. The number of benzene rings is 1. The van der Waals surface area contributed by atoms with Crippen molar-refractivity contribution >= 4 is 40.5 Å². The van der Waals surface area contributed by atoms with Crippen LogP contribution < -0.4 is 24.4 Å². The summed E-state index contributed by atoms with van der Waals surface area (Å²) in [6.07, 6.45) is 0. The lowest BCUT2D eigenvalue weighted by atomic mass is 10.3. The molecule has 1 saturated heterocycles. The van der Waals surface area contributed by atoms with Crippen LogP contribution in [0.3, 0.4) is 0 Å². The van der Waals surface area contributed by atoms with Crippen molar-refractivity contribution < 1.29 is 63.0 Å². The number of rotatable bonds is 0. The minimum Gasteiger partial charge on any atom is -0.377 e. The molecule has 0 aromatic heterocycles. The van der Waals surface area contributed by atoms with E-state index in [2.05, 4.69) is 5.73 Å². The summed E-state index contributed by atoms with van der Waals surface area (Å²) in [4.78, 5) is 0. The van der Waals surface area contributed by atoms with Crippen molar-refractivity contribution in [1.29, 1.82) is 0 Å². The Morgan fingerprint density at radius 3 is 0.939 bits per heavy atom. The van der Waals surface area contributed by atoms with Gasteiger partial charge in [0.05, 0.1) is 89.3 Å². The molecular formula is C18H29Cl4NO10. The quantitative estimate of drug-likeness (QED) is 0.345. The smallest absolute Gasteiger partial charge is 0.148 e. The minimum atomic E-state index is -4.94. The van der Waals surface area contributed by atoms with Gasteiger partial charge in [-0.05, 0) is 6.07 Å². The molecule has 11 nitrogen and oxygen atoms in total. The van der Waals surface area contributed by atoms with Crippen LogP contribution in [-0.2, 0) is 28.4 Å². The van der Waals surface area contributed by atoms with Crippen LogP contribution in [0, 0.1) is 10.2 Å². The Hall–Kier alpha value is -0.0600. The molecule has 0 aliphatic carbocycles. The van der Waals surface area contributed by atoms with E-state index in [0.717, 1.165) is 0 Å². The van der Waals surface area contributed by atoms with Crippen molar-refractivity contribution in [3.63, 3.8) is 0 Å². The molecule has 0 amide bonds. The van der Waals surface area contributed by atoms with Crippen molar-refractivity contribution in [2.45, 2.75) is 0 Å². The zero-order valence-corrected chi connectivity index (χ0v) is 21.0. The van der Waals surface area contributed by atoms with Crippen molar-refractivity contribution in [2.75, 3.05) is 79.3 Å². The molecular weight excluding hydrogens is 532 g/mol. The maximum absolute atomic E-state index is 8.49. The van der Waals surface area contributed by atoms with Crippen molar-refractivity contribution in [3.05, 3.63) is 27.2 Å². The SMILES string of the molecule is C1COCCOCCOCCOCCOCCO1.[NH3+]c1cc(Cl)c(Cl)cc1Cl.[O-][Cl+3]([O-])([O-])[O-]. The highest BCUT2D eigenvalue weighted by atomic mass is 35.7. The fourth-order valence-corrected chi connectivity index (χ4v) is 2.45. The van der Waals surface area contributed by atoms with Gasteiger partial charge >= 0.3 is 0 Å². The Balaban J connectivity index is 0.000000569. The van der Waals surface area contributed by atoms with E-state index in [9.17, 15) is 0 Å². The van der Waals surface area contributed by atoms with Crippen LogP contribution in [0.25, 0.3) is 0 Å². The van der Waals surface area contributed by atoms with Gasteiger partial charge in [-0.2, -0.15) is 0 Å². The highest BCUT2D eigenvalue weighted by Crippen LogP contribution is 2.29. The largest absolute Gasteiger partial charge is 0.377 e. The normalized spacial score (nSPS) is 17.9. The predicted molar refractivity (Wildman–Crippen MR) is 109 cm³/mol. The van der Waals surface area contributed by atoms with Gasteiger partial charge in [-0.1, -0.05) is 34.8 Å². The topological polar surface area (TPSA) is 175 Å². The summed E-state index contributed by atoms with van der Waals surface area (Å²) in [5.74, 6) is 0. The molecule has 1 aromatic carbocycles. The molecule has 1 fully saturated rings. The number of hydrogen-bond donors (Lipinski definition) is 1. The van der Waals surface area contributed by atoms with Gasteiger partial charge in [0, 0.05) is 6.07 Å². The summed E-state index contributed by atoms with van der Waals surface area (Å²) >= 11 is 17.0. The van der Waals surface area contributed by atoms with Crippen molar-refractivity contribution in [2.24, 2.45) is 0 Å². The summed E-state index contributed by atoms with van der Waals surface area (Å²) in [5.41, 5.74) is 4.34. The maximum atomic E-state index is 8.49. The Bertz CT molecular complexity index is 479. The molecule has 0 atom stereocenters. The fourth-order valence-electron chi connectivity index (χ4n) is 1.88. The predicted octanol–water partition coefficient (Wildman–Crippen LogP) is -2.14. The third-order valence-corrected chi connectivity index (χ3v) is 4.40. The van der Waals surface area contributed by atoms with E-state index in [4.69, 9.17) is 81.9 Å². The number of halogens is 4. The third kappa shape index (κ3) is 24.9. The summed E-state index contributed by atoms with van der Waals surface area (Å²) in [6.45, 7) is 7.04. The van der Waals surface area contributed by atoms with Crippen molar-refractivity contribution in [3.8, 4) is 0 Å². The van der Waals surface area contributed by atoms with Gasteiger partial charge in [-0.25, -0.2) is 18.6 Å². The first-order chi connectivity index (χ1) is 15.6. The zero-order chi connectivity index (χ0) is 25.0. The fraction of sp³-hybridized carbons (Fsp3) is 0.667. The van der Waals surface area contributed by atoms with Crippen LogP contribution in [0.1, 0.15) is 0 Å². The second-order valence-corrected chi connectivity index (χ2v) is 7.89. The molecule has 1 heterocycles. The van der Waals surface area contributed by atoms with Crippen LogP contribution in [0.4, 0.5) is 5.69 Å². The monoisotopic (exact) mass is 559 g/mol. The standard InChI is InChI=1S/C12H24O6.C6H4Cl3N.ClHO4/c1-2-14-5-6-16-9-10-18-12-11-17-8-7-15-4-3-13-1;7-3-1-5(9)6(10)2-4(3)8;2-1(3,4)5/h1-12H2;1-2H,10H2;(H,2,3,4,5). The molecule has 1 aromatic rings. The molecule has 0 spiro atoms. The van der Waals surface area contributed by atoms with Crippen LogP contribution in [-0.4, -0.2) is 79.3 Å². The zero-order valence-electron chi connectivity index (χ0n) is 17.9. The van der Waals surface area contributed by atoms with Crippen molar-refractivity contribution in [1.82, 2.24) is 0 Å². The lowest BCUT2D eigenvalue weighted by molar-refractivity contribution is -2.00. The first-order valence-corrected chi connectivity index (χ1v) is 12.0. The lowest BCUT2D eigenvalue weighted by Gasteiger charge is -2.17. The van der Waals surface area contributed by atoms with E-state index in [-0.39, 0.29) is 0 Å². The minimum absolute atomic E-state index is 0.457. The van der Waals surface area contributed by atoms with Gasteiger partial charge in [0.1, 0.15) is 10.7 Å². The van der Waals surface area contributed by atoms with Gasteiger partial charge < -0.3 is 34.2 Å². The Morgan fingerprint density at radius 2 is 0.727 bits per heavy atom. The third-order valence-electron chi connectivity index (χ3n) is 3.32. The van der Waals surface area contributed by atoms with Gasteiger partial charge in [0.2, 0.25) is 0 Å². The summed E-state index contributed by atoms with van der Waals surface area (Å²) in [7, 11) is -4.94. The van der Waals surface area contributed by atoms with E-state index >= 15 is 0 Å². The number of ether oxygens (including phenoxy) is 6. The molecule has 3 N–H and O–H groups in total. The molecule has 2 rings (SSSR count). The van der Waals surface area contributed by atoms with Gasteiger partial charge in [0.15, 0.2) is 0 Å².